The number of hydrogen-bond acceptors (Lipinski definition) is 9. The fraction of sp³-hybridized carbons (Fsp3) is 0.614. The van der Waals surface area contributed by atoms with Gasteiger partial charge in [-0.05, 0) is 67.9 Å². The van der Waals surface area contributed by atoms with Gasteiger partial charge in [-0.3, -0.25) is 19.3 Å². The second-order valence-electron chi connectivity index (χ2n) is 16.6. The Morgan fingerprint density at radius 3 is 2.23 bits per heavy atom. The number of fused-ring (bicyclic) bond motifs is 1. The number of rotatable bonds is 14. The molecular weight excluding hydrogens is 831 g/mol. The van der Waals surface area contributed by atoms with Crippen LogP contribution in [0.3, 0.4) is 0 Å². The van der Waals surface area contributed by atoms with Crippen LogP contribution in [0.25, 0.3) is 0 Å². The van der Waals surface area contributed by atoms with E-state index in [1.165, 1.54) is 11.0 Å². The number of carbonyl (C=O) groups is 5. The number of carbonyl (C=O) groups excluding carboxylic acids is 5. The van der Waals surface area contributed by atoms with Gasteiger partial charge in [0.1, 0.15) is 0 Å². The van der Waals surface area contributed by atoms with Crippen molar-refractivity contribution in [3.05, 3.63) is 58.1 Å². The SMILES string of the molecule is CCCCCCOC(=O)CCC(=O)N1CCN(C2CCN(C(=O)C(Cc3cc(Cl)c(N)c(C(F)(F)F)c3)OC(=O)N3CCC(N4CCc5ccccc5NC4=O)CC3)CC2)CC1. The number of piperazine rings is 1. The standard InChI is InChI=1S/C44H59ClF3N7O7/c1-2-3-4-7-26-61-39(57)11-10-38(56)52-24-22-51(23-25-52)32-13-17-53(18-14-32)41(58)37(29-30-27-34(44(46,47)48)40(49)35(45)28-30)62-43(60)54-19-15-33(16-20-54)55-21-12-31-8-5-6-9-36(31)50-42(55)59/h5-6,8-9,27-28,32-33,37H,2-4,7,10-26,29,49H2,1H3,(H,50,59). The molecule has 0 radical (unpaired) electrons. The fourth-order valence-electron chi connectivity index (χ4n) is 8.86. The first kappa shape index (κ1) is 46.7. The number of halogens is 4. The molecule has 6 rings (SSSR count). The van der Waals surface area contributed by atoms with Gasteiger partial charge in [0.15, 0.2) is 6.10 Å². The molecule has 0 saturated carbocycles. The summed E-state index contributed by atoms with van der Waals surface area (Å²) in [6.45, 7) is 6.49. The van der Waals surface area contributed by atoms with E-state index in [-0.39, 0.29) is 72.9 Å². The summed E-state index contributed by atoms with van der Waals surface area (Å²) in [7, 11) is 0. The quantitative estimate of drug-likeness (QED) is 0.122. The number of nitrogens with two attached hydrogens (primary N) is 1. The van der Waals surface area contributed by atoms with E-state index in [2.05, 4.69) is 17.1 Å². The maximum atomic E-state index is 14.2. The first-order valence-electron chi connectivity index (χ1n) is 21.9. The molecule has 3 fully saturated rings. The number of nitrogens with zero attached hydrogens (tertiary/aromatic N) is 5. The van der Waals surface area contributed by atoms with E-state index < -0.39 is 35.5 Å². The van der Waals surface area contributed by atoms with Gasteiger partial charge >= 0.3 is 24.3 Å². The predicted octanol–water partition coefficient (Wildman–Crippen LogP) is 6.58. The molecule has 4 aliphatic rings. The average Bonchev–Trinajstić information content (AvgIpc) is 3.43. The molecule has 1 unspecified atom stereocenters. The van der Waals surface area contributed by atoms with Gasteiger partial charge in [0.05, 0.1) is 29.3 Å². The summed E-state index contributed by atoms with van der Waals surface area (Å²) in [5.41, 5.74) is 5.77. The zero-order chi connectivity index (χ0) is 44.4. The minimum atomic E-state index is -4.81. The van der Waals surface area contributed by atoms with E-state index in [0.29, 0.717) is 84.5 Å². The van der Waals surface area contributed by atoms with E-state index in [1.807, 2.05) is 24.3 Å². The Hall–Kier alpha value is -4.77. The molecule has 0 aromatic heterocycles. The summed E-state index contributed by atoms with van der Waals surface area (Å²) in [6.07, 6.45) is -0.348. The normalized spacial score (nSPS) is 18.8. The number of hydrogen-bond donors (Lipinski definition) is 2. The Balaban J connectivity index is 1.02. The van der Waals surface area contributed by atoms with Gasteiger partial charge in [0, 0.05) is 89.5 Å². The lowest BCUT2D eigenvalue weighted by atomic mass is 9.99. The lowest BCUT2D eigenvalue weighted by Gasteiger charge is -2.43. The highest BCUT2D eigenvalue weighted by molar-refractivity contribution is 6.33. The Labute approximate surface area is 366 Å². The number of likely N-dealkylation sites (tertiary alicyclic amines) is 2. The van der Waals surface area contributed by atoms with E-state index in [9.17, 15) is 37.1 Å². The third-order valence-corrected chi connectivity index (χ3v) is 12.8. The van der Waals surface area contributed by atoms with Gasteiger partial charge in [0.25, 0.3) is 5.91 Å². The molecule has 62 heavy (non-hydrogen) atoms. The summed E-state index contributed by atoms with van der Waals surface area (Å²) >= 11 is 6.15. The minimum Gasteiger partial charge on any atom is -0.466 e. The Morgan fingerprint density at radius 2 is 1.53 bits per heavy atom. The summed E-state index contributed by atoms with van der Waals surface area (Å²) in [6, 6.07) is 9.53. The van der Waals surface area contributed by atoms with Crippen LogP contribution in [0.2, 0.25) is 5.02 Å². The van der Waals surface area contributed by atoms with E-state index in [4.69, 9.17) is 26.8 Å². The van der Waals surface area contributed by atoms with Crippen LogP contribution in [0.4, 0.5) is 34.1 Å². The second-order valence-corrected chi connectivity index (χ2v) is 17.0. The number of nitrogen functional groups attached to an aromatic ring is 1. The van der Waals surface area contributed by atoms with Crippen LogP contribution < -0.4 is 11.1 Å². The lowest BCUT2D eigenvalue weighted by Crippen LogP contribution is -2.56. The largest absolute Gasteiger partial charge is 0.466 e. The van der Waals surface area contributed by atoms with Crippen molar-refractivity contribution in [1.82, 2.24) is 24.5 Å². The van der Waals surface area contributed by atoms with Crippen molar-refractivity contribution in [2.45, 2.75) is 108 Å². The molecule has 4 aliphatic heterocycles. The summed E-state index contributed by atoms with van der Waals surface area (Å²) < 4.78 is 53.0. The molecular formula is C44H59ClF3N7O7. The number of nitrogens with one attached hydrogen (secondary N) is 1. The summed E-state index contributed by atoms with van der Waals surface area (Å²) in [5.74, 6) is -0.968. The number of para-hydroxylation sites is 1. The fourth-order valence-corrected chi connectivity index (χ4v) is 9.10. The molecule has 18 heteroatoms. The number of urea groups is 1. The number of anilines is 2. The van der Waals surface area contributed by atoms with Gasteiger partial charge in [-0.15, -0.1) is 0 Å². The number of unbranched alkanes of at least 4 members (excludes halogenated alkanes) is 3. The highest BCUT2D eigenvalue weighted by atomic mass is 35.5. The van der Waals surface area contributed by atoms with Crippen LogP contribution >= 0.6 is 11.6 Å². The number of piperidine rings is 2. The average molecular weight is 890 g/mol. The zero-order valence-corrected chi connectivity index (χ0v) is 36.2. The number of alkyl halides is 3. The van der Waals surface area contributed by atoms with Crippen molar-refractivity contribution in [2.75, 3.05) is 76.6 Å². The molecule has 0 bridgehead atoms. The van der Waals surface area contributed by atoms with Gasteiger partial charge < -0.3 is 40.1 Å². The maximum Gasteiger partial charge on any atom is 0.418 e. The lowest BCUT2D eigenvalue weighted by molar-refractivity contribution is -0.146. The van der Waals surface area contributed by atoms with Crippen molar-refractivity contribution < 1.29 is 46.6 Å². The number of benzene rings is 2. The van der Waals surface area contributed by atoms with Crippen LogP contribution in [-0.2, 0) is 42.9 Å². The molecule has 0 aliphatic carbocycles. The number of ether oxygens (including phenoxy) is 2. The molecule has 1 atom stereocenters. The van der Waals surface area contributed by atoms with Crippen molar-refractivity contribution in [3.63, 3.8) is 0 Å². The number of esters is 1. The molecule has 5 amide bonds. The summed E-state index contributed by atoms with van der Waals surface area (Å²) in [5, 5.41) is 2.66. The van der Waals surface area contributed by atoms with Crippen molar-refractivity contribution in [3.8, 4) is 0 Å². The summed E-state index contributed by atoms with van der Waals surface area (Å²) in [4.78, 5) is 75.0. The van der Waals surface area contributed by atoms with Crippen molar-refractivity contribution in [2.24, 2.45) is 0 Å². The molecule has 2 aromatic rings. The minimum absolute atomic E-state index is 0.0381. The topological polar surface area (TPSA) is 158 Å². The van der Waals surface area contributed by atoms with E-state index >= 15 is 0 Å². The zero-order valence-electron chi connectivity index (χ0n) is 35.4. The Bertz CT molecular complexity index is 1900. The molecule has 14 nitrogen and oxygen atoms in total. The molecule has 340 valence electrons. The van der Waals surface area contributed by atoms with Crippen LogP contribution in [-0.4, -0.2) is 138 Å². The van der Waals surface area contributed by atoms with Crippen LogP contribution in [0.5, 0.6) is 0 Å². The van der Waals surface area contributed by atoms with Crippen LogP contribution in [0, 0.1) is 0 Å². The highest BCUT2D eigenvalue weighted by Crippen LogP contribution is 2.38. The first-order chi connectivity index (χ1) is 29.7. The van der Waals surface area contributed by atoms with Gasteiger partial charge in [0.2, 0.25) is 5.91 Å². The van der Waals surface area contributed by atoms with Crippen LogP contribution in [0.15, 0.2) is 36.4 Å². The molecule has 2 aromatic carbocycles. The predicted molar refractivity (Wildman–Crippen MR) is 227 cm³/mol. The van der Waals surface area contributed by atoms with Gasteiger partial charge in [-0.2, -0.15) is 13.2 Å². The number of amides is 5. The molecule has 4 heterocycles. The van der Waals surface area contributed by atoms with Crippen LogP contribution in [0.1, 0.15) is 87.8 Å². The molecule has 0 spiro atoms. The van der Waals surface area contributed by atoms with E-state index in [1.54, 1.807) is 14.7 Å². The third-order valence-electron chi connectivity index (χ3n) is 12.5. The maximum absolute atomic E-state index is 14.2. The van der Waals surface area contributed by atoms with Crippen molar-refractivity contribution in [1.29, 1.82) is 0 Å². The first-order valence-corrected chi connectivity index (χ1v) is 22.3. The molecule has 3 saturated heterocycles. The van der Waals surface area contributed by atoms with E-state index in [0.717, 1.165) is 43.0 Å². The molecule has 3 N–H and O–H groups in total. The Kier molecular flexibility index (Phi) is 16.2. The third kappa shape index (κ3) is 12.2. The smallest absolute Gasteiger partial charge is 0.418 e. The Morgan fingerprint density at radius 1 is 0.855 bits per heavy atom. The highest BCUT2D eigenvalue weighted by Gasteiger charge is 2.39. The monoisotopic (exact) mass is 889 g/mol. The second kappa shape index (κ2) is 21.5. The van der Waals surface area contributed by atoms with Gasteiger partial charge in [-0.1, -0.05) is 56.0 Å². The van der Waals surface area contributed by atoms with Gasteiger partial charge in [-0.25, -0.2) is 9.59 Å². The van der Waals surface area contributed by atoms with Crippen molar-refractivity contribution >= 4 is 52.9 Å².